The van der Waals surface area contributed by atoms with Crippen molar-refractivity contribution in [3.05, 3.63) is 30.4 Å². The predicted molar refractivity (Wildman–Crippen MR) is 88.9 cm³/mol. The molecule has 0 bridgehead atoms. The van der Waals surface area contributed by atoms with E-state index in [0.29, 0.717) is 18.8 Å². The molecule has 0 spiro atoms. The maximum Gasteiger partial charge on any atom is 0.223 e. The molecule has 8 heteroatoms. The summed E-state index contributed by atoms with van der Waals surface area (Å²) >= 11 is 0. The summed E-state index contributed by atoms with van der Waals surface area (Å²) in [7, 11) is 0. The molecule has 1 saturated carbocycles. The molecule has 23 heavy (non-hydrogen) atoms. The fraction of sp³-hybridized carbons (Fsp3) is 0.467. The summed E-state index contributed by atoms with van der Waals surface area (Å²) in [6.07, 6.45) is 6.67. The second-order valence-electron chi connectivity index (χ2n) is 5.66. The summed E-state index contributed by atoms with van der Waals surface area (Å²) in [6.45, 7) is 0.548. The number of aromatic nitrogens is 4. The number of nitrogens with one attached hydrogen (secondary N) is 2. The molecule has 0 aliphatic heterocycles. The van der Waals surface area contributed by atoms with E-state index in [-0.39, 0.29) is 30.3 Å². The Balaban J connectivity index is 0.00000192. The van der Waals surface area contributed by atoms with Crippen LogP contribution in [0, 0.1) is 5.92 Å². The maximum atomic E-state index is 12.0. The van der Waals surface area contributed by atoms with Crippen molar-refractivity contribution in [1.82, 2.24) is 25.5 Å². The molecule has 2 aromatic heterocycles. The van der Waals surface area contributed by atoms with Crippen molar-refractivity contribution in [1.29, 1.82) is 0 Å². The molecule has 0 saturated heterocycles. The van der Waals surface area contributed by atoms with Crippen LogP contribution < -0.4 is 11.1 Å². The fourth-order valence-corrected chi connectivity index (χ4v) is 2.73. The highest BCUT2D eigenvalue weighted by molar-refractivity contribution is 5.85. The number of nitrogens with two attached hydrogens (primary N) is 1. The van der Waals surface area contributed by atoms with Crippen molar-refractivity contribution in [2.75, 3.05) is 6.54 Å². The van der Waals surface area contributed by atoms with Gasteiger partial charge in [-0.1, -0.05) is 0 Å². The van der Waals surface area contributed by atoms with Crippen LogP contribution in [0.4, 0.5) is 0 Å². The lowest BCUT2D eigenvalue weighted by molar-refractivity contribution is -0.124. The molecule has 0 unspecified atom stereocenters. The molecule has 0 aromatic carbocycles. The summed E-state index contributed by atoms with van der Waals surface area (Å²) in [5.41, 5.74) is 6.70. The highest BCUT2D eigenvalue weighted by Crippen LogP contribution is 2.23. The maximum absolute atomic E-state index is 12.0. The van der Waals surface area contributed by atoms with Gasteiger partial charge >= 0.3 is 0 Å². The minimum atomic E-state index is 0. The summed E-state index contributed by atoms with van der Waals surface area (Å²) in [5, 5.41) is 10.0. The lowest BCUT2D eigenvalue weighted by Crippen LogP contribution is -2.32. The summed E-state index contributed by atoms with van der Waals surface area (Å²) in [5.74, 6) is 1.54. The fourth-order valence-electron chi connectivity index (χ4n) is 2.73. The molecule has 3 rings (SSSR count). The third kappa shape index (κ3) is 4.49. The SMILES string of the molecule is Cl.N[C@@H]1CC[C@H](C(=O)NCCc2nc(-c3cccnc3)n[nH]2)C1. The van der Waals surface area contributed by atoms with Crippen molar-refractivity contribution < 1.29 is 4.79 Å². The van der Waals surface area contributed by atoms with Crippen LogP contribution in [-0.4, -0.2) is 38.7 Å². The van der Waals surface area contributed by atoms with Gasteiger partial charge < -0.3 is 11.1 Å². The van der Waals surface area contributed by atoms with E-state index in [1.165, 1.54) is 0 Å². The molecule has 0 radical (unpaired) electrons. The highest BCUT2D eigenvalue weighted by Gasteiger charge is 2.27. The van der Waals surface area contributed by atoms with Crippen LogP contribution in [0.15, 0.2) is 24.5 Å². The molecule has 1 aliphatic rings. The van der Waals surface area contributed by atoms with Gasteiger partial charge in [0.05, 0.1) is 0 Å². The summed E-state index contributed by atoms with van der Waals surface area (Å²) < 4.78 is 0. The van der Waals surface area contributed by atoms with Gasteiger partial charge in [-0.05, 0) is 31.4 Å². The van der Waals surface area contributed by atoms with E-state index in [1.54, 1.807) is 12.4 Å². The Kier molecular flexibility index (Phi) is 6.06. The first-order valence-corrected chi connectivity index (χ1v) is 7.57. The number of hydrogen-bond acceptors (Lipinski definition) is 5. The van der Waals surface area contributed by atoms with Crippen molar-refractivity contribution in [2.45, 2.75) is 31.7 Å². The van der Waals surface area contributed by atoms with Crippen LogP contribution >= 0.6 is 12.4 Å². The van der Waals surface area contributed by atoms with Crippen LogP contribution in [0.25, 0.3) is 11.4 Å². The number of halogens is 1. The number of hydrogen-bond donors (Lipinski definition) is 3. The lowest BCUT2D eigenvalue weighted by Gasteiger charge is -2.09. The topological polar surface area (TPSA) is 110 Å². The van der Waals surface area contributed by atoms with Crippen LogP contribution in [-0.2, 0) is 11.2 Å². The smallest absolute Gasteiger partial charge is 0.223 e. The quantitative estimate of drug-likeness (QED) is 0.756. The van der Waals surface area contributed by atoms with Crippen molar-refractivity contribution in [2.24, 2.45) is 11.7 Å². The third-order valence-corrected chi connectivity index (χ3v) is 3.96. The molecule has 1 aliphatic carbocycles. The Morgan fingerprint density at radius 2 is 2.30 bits per heavy atom. The monoisotopic (exact) mass is 336 g/mol. The molecule has 1 fully saturated rings. The van der Waals surface area contributed by atoms with Crippen molar-refractivity contribution in [3.8, 4) is 11.4 Å². The van der Waals surface area contributed by atoms with E-state index < -0.39 is 0 Å². The second kappa shape index (κ2) is 8.03. The number of rotatable bonds is 5. The molecular weight excluding hydrogens is 316 g/mol. The average molecular weight is 337 g/mol. The first kappa shape index (κ1) is 17.4. The van der Waals surface area contributed by atoms with Gasteiger partial charge in [-0.15, -0.1) is 12.4 Å². The van der Waals surface area contributed by atoms with E-state index in [4.69, 9.17) is 5.73 Å². The van der Waals surface area contributed by atoms with Crippen LogP contribution in [0.3, 0.4) is 0 Å². The number of carbonyl (C=O) groups excluding carboxylic acids is 1. The van der Waals surface area contributed by atoms with Gasteiger partial charge in [0.15, 0.2) is 5.82 Å². The Labute approximate surface area is 140 Å². The van der Waals surface area contributed by atoms with Crippen LogP contribution in [0.2, 0.25) is 0 Å². The number of pyridine rings is 1. The van der Waals surface area contributed by atoms with Gasteiger partial charge in [-0.25, -0.2) is 4.98 Å². The zero-order valence-electron chi connectivity index (χ0n) is 12.7. The van der Waals surface area contributed by atoms with E-state index in [0.717, 1.165) is 30.7 Å². The number of aromatic amines is 1. The van der Waals surface area contributed by atoms with Crippen LogP contribution in [0.5, 0.6) is 0 Å². The zero-order valence-corrected chi connectivity index (χ0v) is 13.6. The predicted octanol–water partition coefficient (Wildman–Crippen LogP) is 1.07. The second-order valence-corrected chi connectivity index (χ2v) is 5.66. The Morgan fingerprint density at radius 3 is 3.00 bits per heavy atom. The zero-order chi connectivity index (χ0) is 15.4. The normalized spacial score (nSPS) is 20.0. The minimum Gasteiger partial charge on any atom is -0.355 e. The van der Waals surface area contributed by atoms with E-state index in [2.05, 4.69) is 25.5 Å². The van der Waals surface area contributed by atoms with Crippen LogP contribution in [0.1, 0.15) is 25.1 Å². The van der Waals surface area contributed by atoms with E-state index in [1.807, 2.05) is 12.1 Å². The minimum absolute atomic E-state index is 0. The number of nitrogens with zero attached hydrogens (tertiary/aromatic N) is 3. The van der Waals surface area contributed by atoms with Crippen molar-refractivity contribution >= 4 is 18.3 Å². The standard InChI is InChI=1S/C15H20N6O.ClH/c16-12-4-3-10(8-12)15(22)18-7-5-13-19-14(21-20-13)11-2-1-6-17-9-11;/h1-2,6,9-10,12H,3-5,7-8,16H2,(H,18,22)(H,19,20,21);1H/t10-,12+;/m0./s1. The molecule has 4 N–H and O–H groups in total. The molecule has 124 valence electrons. The van der Waals surface area contributed by atoms with Gasteiger partial charge in [-0.3, -0.25) is 14.9 Å². The lowest BCUT2D eigenvalue weighted by atomic mass is 10.1. The Hall–Kier alpha value is -1.99. The van der Waals surface area contributed by atoms with Gasteiger partial charge in [-0.2, -0.15) is 5.10 Å². The van der Waals surface area contributed by atoms with E-state index >= 15 is 0 Å². The van der Waals surface area contributed by atoms with Gasteiger partial charge in [0.25, 0.3) is 0 Å². The number of H-pyrrole nitrogens is 1. The van der Waals surface area contributed by atoms with Crippen molar-refractivity contribution in [3.63, 3.8) is 0 Å². The Bertz CT molecular complexity index is 632. The molecule has 1 amide bonds. The first-order valence-electron chi connectivity index (χ1n) is 7.57. The molecular formula is C15H21ClN6O. The average Bonchev–Trinajstić information content (AvgIpc) is 3.17. The third-order valence-electron chi connectivity index (χ3n) is 3.96. The summed E-state index contributed by atoms with van der Waals surface area (Å²) in [6, 6.07) is 3.93. The molecule has 2 atom stereocenters. The van der Waals surface area contributed by atoms with Gasteiger partial charge in [0.2, 0.25) is 5.91 Å². The van der Waals surface area contributed by atoms with Gasteiger partial charge in [0.1, 0.15) is 5.82 Å². The molecule has 2 aromatic rings. The largest absolute Gasteiger partial charge is 0.355 e. The molecule has 7 nitrogen and oxygen atoms in total. The summed E-state index contributed by atoms with van der Waals surface area (Å²) in [4.78, 5) is 20.4. The molecule has 2 heterocycles. The highest BCUT2D eigenvalue weighted by atomic mass is 35.5. The number of carbonyl (C=O) groups is 1. The Morgan fingerprint density at radius 1 is 1.43 bits per heavy atom. The van der Waals surface area contributed by atoms with Gasteiger partial charge in [0, 0.05) is 42.9 Å². The number of amides is 1. The first-order chi connectivity index (χ1) is 10.7. The van der Waals surface area contributed by atoms with E-state index in [9.17, 15) is 4.79 Å².